The number of aromatic nitrogens is 2. The number of benzene rings is 2. The third-order valence-corrected chi connectivity index (χ3v) is 5.19. The Balaban J connectivity index is 1.64. The number of carbonyl (C=O) groups excluding carboxylic acids is 2. The van der Waals surface area contributed by atoms with E-state index in [1.165, 1.54) is 10.7 Å². The van der Waals surface area contributed by atoms with Gasteiger partial charge in [0, 0.05) is 5.02 Å². The molecular weight excluding hydrogens is 449 g/mol. The van der Waals surface area contributed by atoms with Crippen LogP contribution in [0.1, 0.15) is 27.2 Å². The molecule has 0 atom stereocenters. The molecule has 0 aliphatic heterocycles. The molecule has 0 bridgehead atoms. The number of hydrogen-bond donors (Lipinski definition) is 1. The molecule has 1 heterocycles. The maximum atomic E-state index is 12.5. The van der Waals surface area contributed by atoms with Crippen molar-refractivity contribution in [3.63, 3.8) is 0 Å². The van der Waals surface area contributed by atoms with E-state index in [0.717, 1.165) is 11.1 Å². The predicted octanol–water partition coefficient (Wildman–Crippen LogP) is 5.30. The molecular formula is C21H18Cl3N3O3. The molecule has 156 valence electrons. The minimum atomic E-state index is -0.731. The van der Waals surface area contributed by atoms with Gasteiger partial charge >= 0.3 is 5.97 Å². The van der Waals surface area contributed by atoms with Gasteiger partial charge in [-0.3, -0.25) is 4.79 Å². The summed E-state index contributed by atoms with van der Waals surface area (Å²) in [5.41, 5.74) is 3.04. The lowest BCUT2D eigenvalue weighted by atomic mass is 10.1. The zero-order valence-corrected chi connectivity index (χ0v) is 18.5. The lowest BCUT2D eigenvalue weighted by Crippen LogP contribution is -2.21. The van der Waals surface area contributed by atoms with E-state index >= 15 is 0 Å². The molecule has 3 rings (SSSR count). The van der Waals surface area contributed by atoms with Crippen LogP contribution in [0.2, 0.25) is 15.2 Å². The van der Waals surface area contributed by atoms with Gasteiger partial charge in [0.15, 0.2) is 6.61 Å². The van der Waals surface area contributed by atoms with Crippen molar-refractivity contribution in [3.05, 3.63) is 80.0 Å². The Morgan fingerprint density at radius 1 is 1.07 bits per heavy atom. The molecule has 1 N–H and O–H groups in total. The summed E-state index contributed by atoms with van der Waals surface area (Å²) >= 11 is 18.2. The Kier molecular flexibility index (Phi) is 7.02. The molecule has 0 fully saturated rings. The van der Waals surface area contributed by atoms with Crippen LogP contribution in [0.4, 0.5) is 5.69 Å². The first kappa shape index (κ1) is 22.2. The summed E-state index contributed by atoms with van der Waals surface area (Å²) in [6, 6.07) is 12.5. The van der Waals surface area contributed by atoms with E-state index in [0.29, 0.717) is 22.9 Å². The van der Waals surface area contributed by atoms with Crippen molar-refractivity contribution in [1.29, 1.82) is 0 Å². The molecule has 6 nitrogen and oxygen atoms in total. The van der Waals surface area contributed by atoms with Gasteiger partial charge in [-0.2, -0.15) is 5.10 Å². The molecule has 2 aromatic carbocycles. The monoisotopic (exact) mass is 465 g/mol. The second-order valence-corrected chi connectivity index (χ2v) is 7.84. The highest BCUT2D eigenvalue weighted by molar-refractivity contribution is 6.36. The summed E-state index contributed by atoms with van der Waals surface area (Å²) in [4.78, 5) is 24.6. The van der Waals surface area contributed by atoms with E-state index in [1.54, 1.807) is 19.1 Å². The van der Waals surface area contributed by atoms with Gasteiger partial charge < -0.3 is 10.1 Å². The number of amides is 1. The molecule has 30 heavy (non-hydrogen) atoms. The standard InChI is InChI=1S/C21H18Cl3N3O3/c1-12-3-5-14(6-4-12)10-27-20(24)19(13(2)26-27)21(29)30-11-18(28)25-17-8-7-15(22)9-16(17)23/h3-9H,10-11H2,1-2H3,(H,25,28). The van der Waals surface area contributed by atoms with E-state index in [9.17, 15) is 9.59 Å². The van der Waals surface area contributed by atoms with Gasteiger partial charge in [0.05, 0.1) is 22.9 Å². The van der Waals surface area contributed by atoms with Crippen LogP contribution in [0.5, 0.6) is 0 Å². The Hall–Kier alpha value is -2.54. The van der Waals surface area contributed by atoms with Crippen molar-refractivity contribution in [3.8, 4) is 0 Å². The summed E-state index contributed by atoms with van der Waals surface area (Å²) in [6.07, 6.45) is 0. The van der Waals surface area contributed by atoms with Crippen molar-refractivity contribution in [2.75, 3.05) is 11.9 Å². The van der Waals surface area contributed by atoms with Gasteiger partial charge in [-0.25, -0.2) is 9.48 Å². The number of halogens is 3. The van der Waals surface area contributed by atoms with E-state index in [4.69, 9.17) is 39.5 Å². The van der Waals surface area contributed by atoms with Gasteiger partial charge in [-0.1, -0.05) is 64.6 Å². The molecule has 0 saturated carbocycles. The largest absolute Gasteiger partial charge is 0.452 e. The number of esters is 1. The molecule has 0 aliphatic carbocycles. The Bertz CT molecular complexity index is 1090. The fourth-order valence-electron chi connectivity index (χ4n) is 2.74. The van der Waals surface area contributed by atoms with E-state index < -0.39 is 18.5 Å². The number of ether oxygens (including phenoxy) is 1. The molecule has 0 saturated heterocycles. The van der Waals surface area contributed by atoms with Crippen LogP contribution in [0.3, 0.4) is 0 Å². The smallest absolute Gasteiger partial charge is 0.343 e. The number of nitrogens with one attached hydrogen (secondary N) is 1. The van der Waals surface area contributed by atoms with Crippen LogP contribution in [0.15, 0.2) is 42.5 Å². The first-order chi connectivity index (χ1) is 14.2. The molecule has 1 amide bonds. The first-order valence-corrected chi connectivity index (χ1v) is 10.1. The van der Waals surface area contributed by atoms with Gasteiger partial charge in [0.2, 0.25) is 0 Å². The molecule has 3 aromatic rings. The lowest BCUT2D eigenvalue weighted by Gasteiger charge is -2.08. The van der Waals surface area contributed by atoms with E-state index in [2.05, 4.69) is 10.4 Å². The van der Waals surface area contributed by atoms with Crippen molar-refractivity contribution in [2.45, 2.75) is 20.4 Å². The average molecular weight is 467 g/mol. The highest BCUT2D eigenvalue weighted by Gasteiger charge is 2.22. The van der Waals surface area contributed by atoms with Gasteiger partial charge in [0.1, 0.15) is 10.7 Å². The SMILES string of the molecule is Cc1ccc(Cn2nc(C)c(C(=O)OCC(=O)Nc3ccc(Cl)cc3Cl)c2Cl)cc1. The van der Waals surface area contributed by atoms with Gasteiger partial charge in [-0.15, -0.1) is 0 Å². The number of nitrogens with zero attached hydrogens (tertiary/aromatic N) is 2. The lowest BCUT2D eigenvalue weighted by molar-refractivity contribution is -0.119. The number of anilines is 1. The minimum Gasteiger partial charge on any atom is -0.452 e. The molecule has 0 aliphatic rings. The topological polar surface area (TPSA) is 73.2 Å². The highest BCUT2D eigenvalue weighted by atomic mass is 35.5. The van der Waals surface area contributed by atoms with Crippen LogP contribution in [0, 0.1) is 13.8 Å². The van der Waals surface area contributed by atoms with Gasteiger partial charge in [0.25, 0.3) is 5.91 Å². The zero-order chi connectivity index (χ0) is 21.8. The number of carbonyl (C=O) groups is 2. The molecule has 9 heteroatoms. The first-order valence-electron chi connectivity index (χ1n) is 8.95. The average Bonchev–Trinajstić information content (AvgIpc) is 2.97. The quantitative estimate of drug-likeness (QED) is 0.500. The zero-order valence-electron chi connectivity index (χ0n) is 16.2. The summed E-state index contributed by atoms with van der Waals surface area (Å²) in [5.74, 6) is -1.28. The van der Waals surface area contributed by atoms with Crippen molar-refractivity contribution in [2.24, 2.45) is 0 Å². The normalized spacial score (nSPS) is 10.7. The van der Waals surface area contributed by atoms with E-state index in [-0.39, 0.29) is 15.7 Å². The van der Waals surface area contributed by atoms with Crippen molar-refractivity contribution < 1.29 is 14.3 Å². The second kappa shape index (κ2) is 9.51. The summed E-state index contributed by atoms with van der Waals surface area (Å²) in [5, 5.41) is 7.74. The highest BCUT2D eigenvalue weighted by Crippen LogP contribution is 2.25. The Morgan fingerprint density at radius 3 is 2.43 bits per heavy atom. The van der Waals surface area contributed by atoms with Crippen molar-refractivity contribution in [1.82, 2.24) is 9.78 Å². The molecule has 0 spiro atoms. The van der Waals surface area contributed by atoms with Crippen LogP contribution in [-0.4, -0.2) is 28.3 Å². The minimum absolute atomic E-state index is 0.126. The van der Waals surface area contributed by atoms with Crippen molar-refractivity contribution >= 4 is 52.4 Å². The van der Waals surface area contributed by atoms with Gasteiger partial charge in [-0.05, 0) is 37.6 Å². The molecule has 0 unspecified atom stereocenters. The number of rotatable bonds is 6. The third kappa shape index (κ3) is 5.33. The predicted molar refractivity (Wildman–Crippen MR) is 118 cm³/mol. The van der Waals surface area contributed by atoms with Crippen LogP contribution in [-0.2, 0) is 16.1 Å². The summed E-state index contributed by atoms with van der Waals surface area (Å²) < 4.78 is 6.63. The third-order valence-electron chi connectivity index (χ3n) is 4.26. The number of aryl methyl sites for hydroxylation is 2. The van der Waals surface area contributed by atoms with Crippen LogP contribution >= 0.6 is 34.8 Å². The fraction of sp³-hybridized carbons (Fsp3) is 0.190. The van der Waals surface area contributed by atoms with E-state index in [1.807, 2.05) is 31.2 Å². The summed E-state index contributed by atoms with van der Waals surface area (Å²) in [6.45, 7) is 3.56. The number of hydrogen-bond acceptors (Lipinski definition) is 4. The summed E-state index contributed by atoms with van der Waals surface area (Å²) in [7, 11) is 0. The molecule has 0 radical (unpaired) electrons. The van der Waals surface area contributed by atoms with Crippen LogP contribution in [0.25, 0.3) is 0 Å². The Morgan fingerprint density at radius 2 is 1.77 bits per heavy atom. The Labute approximate surface area is 188 Å². The maximum absolute atomic E-state index is 12.5. The maximum Gasteiger partial charge on any atom is 0.343 e. The molecule has 1 aromatic heterocycles. The van der Waals surface area contributed by atoms with Crippen LogP contribution < -0.4 is 5.32 Å². The fourth-order valence-corrected chi connectivity index (χ4v) is 3.50. The second-order valence-electron chi connectivity index (χ2n) is 6.64.